The summed E-state index contributed by atoms with van der Waals surface area (Å²) < 4.78 is 0. The van der Waals surface area contributed by atoms with E-state index in [1.807, 2.05) is 38.7 Å². The zero-order chi connectivity index (χ0) is 13.7. The summed E-state index contributed by atoms with van der Waals surface area (Å²) in [7, 11) is 0. The molecule has 0 saturated carbocycles. The van der Waals surface area contributed by atoms with Crippen LogP contribution in [0.3, 0.4) is 0 Å². The molecule has 0 radical (unpaired) electrons. The Kier molecular flexibility index (Phi) is 17.4. The lowest BCUT2D eigenvalue weighted by molar-refractivity contribution is -0.159. The Morgan fingerprint density at radius 1 is 0.812 bits per heavy atom. The van der Waals surface area contributed by atoms with Crippen LogP contribution in [0, 0.1) is 0 Å². The highest BCUT2D eigenvalue weighted by Gasteiger charge is 2.04. The van der Waals surface area contributed by atoms with E-state index in [0.717, 1.165) is 0 Å². The first kappa shape index (κ1) is 20.2. The molecule has 0 spiro atoms. The van der Waals surface area contributed by atoms with Crippen LogP contribution in [0.2, 0.25) is 0 Å². The minimum Gasteiger partial charge on any atom is -0.473 e. The van der Waals surface area contributed by atoms with Gasteiger partial charge in [0.25, 0.3) is 0 Å². The Morgan fingerprint density at radius 2 is 0.938 bits per heavy atom. The molecular weight excluding hydrogens is 220 g/mol. The number of nitrogens with one attached hydrogen (secondary N) is 2. The van der Waals surface area contributed by atoms with Crippen molar-refractivity contribution >= 4 is 11.9 Å². The first-order chi connectivity index (χ1) is 7.18. The number of carboxylic acids is 2. The van der Waals surface area contributed by atoms with E-state index >= 15 is 0 Å². The van der Waals surface area contributed by atoms with Crippen molar-refractivity contribution in [1.82, 2.24) is 11.0 Å². The molecule has 0 aliphatic heterocycles. The molecule has 0 amide bonds. The van der Waals surface area contributed by atoms with Gasteiger partial charge in [-0.1, -0.05) is 0 Å². The summed E-state index contributed by atoms with van der Waals surface area (Å²) in [6, 6.07) is 0.380. The highest BCUT2D eigenvalue weighted by Crippen LogP contribution is 1.66. The molecule has 0 aromatic carbocycles. The SMILES string of the molecule is CC(C)NO.CC(C)NO.O=C(O)C(=O)O. The Bertz CT molecular complexity index is 163. The maximum Gasteiger partial charge on any atom is 0.414 e. The van der Waals surface area contributed by atoms with Crippen LogP contribution in [0.5, 0.6) is 0 Å². The highest BCUT2D eigenvalue weighted by molar-refractivity contribution is 6.27. The lowest BCUT2D eigenvalue weighted by Gasteiger charge is -1.93. The molecule has 0 bridgehead atoms. The van der Waals surface area contributed by atoms with Crippen LogP contribution in [-0.2, 0) is 9.59 Å². The average molecular weight is 240 g/mol. The van der Waals surface area contributed by atoms with Crippen LogP contribution in [0.4, 0.5) is 0 Å². The van der Waals surface area contributed by atoms with Gasteiger partial charge in [-0.05, 0) is 27.7 Å². The molecule has 8 heteroatoms. The van der Waals surface area contributed by atoms with Crippen LogP contribution in [0.1, 0.15) is 27.7 Å². The van der Waals surface area contributed by atoms with Crippen LogP contribution < -0.4 is 11.0 Å². The predicted molar refractivity (Wildman–Crippen MR) is 55.4 cm³/mol. The number of rotatable bonds is 2. The van der Waals surface area contributed by atoms with Crippen LogP contribution in [0.25, 0.3) is 0 Å². The van der Waals surface area contributed by atoms with Gasteiger partial charge >= 0.3 is 11.9 Å². The van der Waals surface area contributed by atoms with Gasteiger partial charge in [-0.15, -0.1) is 0 Å². The van der Waals surface area contributed by atoms with Crippen molar-refractivity contribution < 1.29 is 30.2 Å². The van der Waals surface area contributed by atoms with Crippen molar-refractivity contribution in [1.29, 1.82) is 0 Å². The minimum atomic E-state index is -1.82. The Hall–Kier alpha value is -1.22. The van der Waals surface area contributed by atoms with Crippen LogP contribution >= 0.6 is 0 Å². The molecule has 0 heterocycles. The summed E-state index contributed by atoms with van der Waals surface area (Å²) in [6.07, 6.45) is 0. The van der Waals surface area contributed by atoms with Gasteiger partial charge in [-0.2, -0.15) is 0 Å². The second-order valence-corrected chi connectivity index (χ2v) is 3.18. The fourth-order valence-corrected chi connectivity index (χ4v) is 0. The van der Waals surface area contributed by atoms with Gasteiger partial charge in [0, 0.05) is 12.1 Å². The molecule has 16 heavy (non-hydrogen) atoms. The summed E-state index contributed by atoms with van der Waals surface area (Å²) in [5.74, 6) is -3.65. The van der Waals surface area contributed by atoms with E-state index in [4.69, 9.17) is 30.2 Å². The number of aliphatic carboxylic acids is 2. The zero-order valence-corrected chi connectivity index (χ0v) is 9.76. The maximum absolute atomic E-state index is 9.10. The lowest BCUT2D eigenvalue weighted by Crippen LogP contribution is -2.16. The van der Waals surface area contributed by atoms with Gasteiger partial charge in [0.15, 0.2) is 0 Å². The fourth-order valence-electron chi connectivity index (χ4n) is 0. The molecule has 98 valence electrons. The van der Waals surface area contributed by atoms with E-state index in [9.17, 15) is 0 Å². The normalized spacial score (nSPS) is 8.75. The molecule has 0 saturated heterocycles. The predicted octanol–water partition coefficient (Wildman–Crippen LogP) is -0.0972. The smallest absolute Gasteiger partial charge is 0.414 e. The third kappa shape index (κ3) is 38.6. The van der Waals surface area contributed by atoms with Gasteiger partial charge in [-0.25, -0.2) is 20.5 Å². The maximum atomic E-state index is 9.10. The largest absolute Gasteiger partial charge is 0.473 e. The van der Waals surface area contributed by atoms with Crippen LogP contribution in [-0.4, -0.2) is 44.6 Å². The summed E-state index contributed by atoms with van der Waals surface area (Å²) in [5, 5.41) is 30.6. The molecule has 0 aromatic rings. The number of carboxylic acid groups (broad SMARTS) is 2. The van der Waals surface area contributed by atoms with E-state index in [1.165, 1.54) is 0 Å². The van der Waals surface area contributed by atoms with Crippen molar-refractivity contribution in [2.24, 2.45) is 0 Å². The van der Waals surface area contributed by atoms with Crippen molar-refractivity contribution in [3.8, 4) is 0 Å². The van der Waals surface area contributed by atoms with E-state index in [0.29, 0.717) is 0 Å². The first-order valence-corrected chi connectivity index (χ1v) is 4.44. The second-order valence-electron chi connectivity index (χ2n) is 3.18. The molecule has 0 aliphatic carbocycles. The minimum absolute atomic E-state index is 0.190. The molecule has 6 N–H and O–H groups in total. The lowest BCUT2D eigenvalue weighted by atomic mass is 10.4. The number of carbonyl (C=O) groups is 2. The van der Waals surface area contributed by atoms with E-state index < -0.39 is 11.9 Å². The molecule has 0 fully saturated rings. The third-order valence-corrected chi connectivity index (χ3v) is 0.699. The fraction of sp³-hybridized carbons (Fsp3) is 0.750. The molecular formula is C8H20N2O6. The van der Waals surface area contributed by atoms with E-state index in [2.05, 4.69) is 0 Å². The molecule has 0 atom stereocenters. The summed E-state index contributed by atoms with van der Waals surface area (Å²) in [5.41, 5.74) is 4.06. The van der Waals surface area contributed by atoms with Gasteiger partial charge in [0.2, 0.25) is 0 Å². The van der Waals surface area contributed by atoms with Crippen molar-refractivity contribution in [3.05, 3.63) is 0 Å². The van der Waals surface area contributed by atoms with Crippen molar-refractivity contribution in [2.75, 3.05) is 0 Å². The van der Waals surface area contributed by atoms with Gasteiger partial charge < -0.3 is 20.6 Å². The standard InChI is InChI=1S/2C3H9NO.C2H2O4/c2*1-3(2)4-5;3-1(4)2(5)6/h2*3-5H,1-2H3;(H,3,4)(H,5,6). The summed E-state index contributed by atoms with van der Waals surface area (Å²) in [6.45, 7) is 7.44. The highest BCUT2D eigenvalue weighted by atomic mass is 16.5. The van der Waals surface area contributed by atoms with Crippen molar-refractivity contribution in [3.63, 3.8) is 0 Å². The van der Waals surface area contributed by atoms with E-state index in [-0.39, 0.29) is 12.1 Å². The topological polar surface area (TPSA) is 139 Å². The summed E-state index contributed by atoms with van der Waals surface area (Å²) >= 11 is 0. The molecule has 0 unspecified atom stereocenters. The van der Waals surface area contributed by atoms with Gasteiger partial charge in [0.05, 0.1) is 0 Å². The molecule has 0 aromatic heterocycles. The number of hydrogen-bond donors (Lipinski definition) is 6. The quantitative estimate of drug-likeness (QED) is 0.290. The summed E-state index contributed by atoms with van der Waals surface area (Å²) in [4.78, 5) is 18.2. The Morgan fingerprint density at radius 3 is 0.938 bits per heavy atom. The zero-order valence-electron chi connectivity index (χ0n) is 9.76. The molecule has 8 nitrogen and oxygen atoms in total. The second kappa shape index (κ2) is 13.8. The van der Waals surface area contributed by atoms with Crippen molar-refractivity contribution in [2.45, 2.75) is 39.8 Å². The Labute approximate surface area is 93.8 Å². The van der Waals surface area contributed by atoms with Gasteiger partial charge in [-0.3, -0.25) is 0 Å². The van der Waals surface area contributed by atoms with E-state index in [1.54, 1.807) is 0 Å². The molecule has 0 aliphatic rings. The third-order valence-electron chi connectivity index (χ3n) is 0.699. The van der Waals surface area contributed by atoms with Gasteiger partial charge in [0.1, 0.15) is 0 Å². The Balaban J connectivity index is -0.000000160. The molecule has 0 rings (SSSR count). The number of hydroxylamine groups is 2. The van der Waals surface area contributed by atoms with Crippen LogP contribution in [0.15, 0.2) is 0 Å². The monoisotopic (exact) mass is 240 g/mol. The first-order valence-electron chi connectivity index (χ1n) is 4.44. The number of hydrogen-bond acceptors (Lipinski definition) is 6. The average Bonchev–Trinajstić information content (AvgIpc) is 2.19.